The third kappa shape index (κ3) is 2.44. The first-order valence-electron chi connectivity index (χ1n) is 3.68. The smallest absolute Gasteiger partial charge is 0.129 e. The number of nitrogens with zero attached hydrogens (tertiary/aromatic N) is 1. The largest absolute Gasteiger partial charge is 0.294 e. The molecule has 0 amide bonds. The maximum absolute atomic E-state index is 5.63. The number of pyridine rings is 1. The van der Waals surface area contributed by atoms with Crippen molar-refractivity contribution < 1.29 is 4.84 Å². The lowest BCUT2D eigenvalue weighted by atomic mass is 10.2. The summed E-state index contributed by atoms with van der Waals surface area (Å²) in [4.78, 5) is 9.07. The fraction of sp³-hybridized carbons (Fsp3) is 0.375. The van der Waals surface area contributed by atoms with E-state index in [0.717, 1.165) is 5.56 Å². The Morgan fingerprint density at radius 2 is 2.33 bits per heavy atom. The summed E-state index contributed by atoms with van der Waals surface area (Å²) in [6, 6.07) is 3.63. The summed E-state index contributed by atoms with van der Waals surface area (Å²) in [7, 11) is 1.72. The van der Waals surface area contributed by atoms with Crippen LogP contribution < -0.4 is 5.48 Å². The normalized spacial score (nSPS) is 12.9. The lowest BCUT2D eigenvalue weighted by Gasteiger charge is -2.10. The molecule has 0 aliphatic heterocycles. The lowest BCUT2D eigenvalue weighted by Crippen LogP contribution is -2.11. The molecule has 0 spiro atoms. The van der Waals surface area contributed by atoms with Gasteiger partial charge in [-0.05, 0) is 13.0 Å². The van der Waals surface area contributed by atoms with E-state index < -0.39 is 0 Å². The van der Waals surface area contributed by atoms with E-state index in [0.29, 0.717) is 5.15 Å². The molecule has 66 valence electrons. The number of rotatable bonds is 3. The minimum atomic E-state index is -0.0141. The van der Waals surface area contributed by atoms with Crippen LogP contribution in [0, 0.1) is 0 Å². The molecule has 1 atom stereocenters. The van der Waals surface area contributed by atoms with Crippen molar-refractivity contribution >= 4 is 11.6 Å². The van der Waals surface area contributed by atoms with Crippen molar-refractivity contribution in [3.63, 3.8) is 0 Å². The topological polar surface area (TPSA) is 34.1 Å². The standard InChI is InChI=1S/C8H11ClN2O/c1-6(12-10-2)7-3-4-8(9)11-5-7/h3-6,10H,1-2H3. The summed E-state index contributed by atoms with van der Waals surface area (Å²) < 4.78 is 0. The molecule has 4 heteroatoms. The number of halogens is 1. The van der Waals surface area contributed by atoms with Gasteiger partial charge in [0.2, 0.25) is 0 Å². The van der Waals surface area contributed by atoms with Crippen molar-refractivity contribution in [2.75, 3.05) is 7.05 Å². The van der Waals surface area contributed by atoms with Crippen molar-refractivity contribution in [1.82, 2.24) is 10.5 Å². The predicted octanol–water partition coefficient (Wildman–Crippen LogP) is 1.95. The molecule has 1 unspecified atom stereocenters. The first-order valence-corrected chi connectivity index (χ1v) is 4.05. The Morgan fingerprint density at radius 1 is 1.58 bits per heavy atom. The second kappa shape index (κ2) is 4.40. The van der Waals surface area contributed by atoms with Gasteiger partial charge in [-0.15, -0.1) is 0 Å². The van der Waals surface area contributed by atoms with E-state index in [9.17, 15) is 0 Å². The second-order valence-corrected chi connectivity index (χ2v) is 2.77. The molecule has 1 heterocycles. The Kier molecular flexibility index (Phi) is 3.47. The molecular weight excluding hydrogens is 176 g/mol. The van der Waals surface area contributed by atoms with Crippen LogP contribution in [-0.4, -0.2) is 12.0 Å². The Hall–Kier alpha value is -0.640. The minimum absolute atomic E-state index is 0.0141. The van der Waals surface area contributed by atoms with Crippen LogP contribution in [0.4, 0.5) is 0 Å². The van der Waals surface area contributed by atoms with Crippen LogP contribution >= 0.6 is 11.6 Å². The summed E-state index contributed by atoms with van der Waals surface area (Å²) >= 11 is 5.63. The first-order chi connectivity index (χ1) is 5.74. The van der Waals surface area contributed by atoms with Gasteiger partial charge in [0.05, 0.1) is 0 Å². The highest BCUT2D eigenvalue weighted by Gasteiger charge is 2.04. The van der Waals surface area contributed by atoms with Gasteiger partial charge in [0.1, 0.15) is 11.3 Å². The van der Waals surface area contributed by atoms with Crippen LogP contribution in [-0.2, 0) is 4.84 Å². The summed E-state index contributed by atoms with van der Waals surface area (Å²) in [5.74, 6) is 0. The molecule has 0 bridgehead atoms. The molecule has 0 aromatic carbocycles. The van der Waals surface area contributed by atoms with Crippen LogP contribution in [0.15, 0.2) is 18.3 Å². The molecule has 1 rings (SSSR count). The van der Waals surface area contributed by atoms with E-state index >= 15 is 0 Å². The number of aromatic nitrogens is 1. The molecule has 1 N–H and O–H groups in total. The van der Waals surface area contributed by atoms with Gasteiger partial charge in [-0.1, -0.05) is 17.7 Å². The number of hydrogen-bond acceptors (Lipinski definition) is 3. The van der Waals surface area contributed by atoms with E-state index in [-0.39, 0.29) is 6.10 Å². The molecule has 0 saturated heterocycles. The first kappa shape index (κ1) is 9.45. The van der Waals surface area contributed by atoms with Crippen molar-refractivity contribution in [2.45, 2.75) is 13.0 Å². The lowest BCUT2D eigenvalue weighted by molar-refractivity contribution is -0.00276. The third-order valence-electron chi connectivity index (χ3n) is 1.51. The van der Waals surface area contributed by atoms with Crippen LogP contribution in [0.25, 0.3) is 0 Å². The van der Waals surface area contributed by atoms with Gasteiger partial charge in [0.15, 0.2) is 0 Å². The quantitative estimate of drug-likeness (QED) is 0.579. The highest BCUT2D eigenvalue weighted by atomic mass is 35.5. The van der Waals surface area contributed by atoms with Gasteiger partial charge in [0.25, 0.3) is 0 Å². The Morgan fingerprint density at radius 3 is 2.83 bits per heavy atom. The van der Waals surface area contributed by atoms with Gasteiger partial charge in [-0.3, -0.25) is 4.84 Å². The molecule has 1 aromatic rings. The van der Waals surface area contributed by atoms with Crippen LogP contribution in [0.3, 0.4) is 0 Å². The molecule has 0 aliphatic carbocycles. The van der Waals surface area contributed by atoms with E-state index in [1.54, 1.807) is 19.3 Å². The SMILES string of the molecule is CNOC(C)c1ccc(Cl)nc1. The Bertz CT molecular complexity index is 237. The van der Waals surface area contributed by atoms with Gasteiger partial charge < -0.3 is 0 Å². The van der Waals surface area contributed by atoms with Gasteiger partial charge in [-0.25, -0.2) is 10.5 Å². The van der Waals surface area contributed by atoms with Crippen LogP contribution in [0.5, 0.6) is 0 Å². The summed E-state index contributed by atoms with van der Waals surface area (Å²) in [5.41, 5.74) is 3.61. The zero-order valence-corrected chi connectivity index (χ0v) is 7.80. The van der Waals surface area contributed by atoms with Crippen molar-refractivity contribution in [1.29, 1.82) is 0 Å². The van der Waals surface area contributed by atoms with E-state index in [2.05, 4.69) is 10.5 Å². The van der Waals surface area contributed by atoms with E-state index in [1.807, 2.05) is 13.0 Å². The molecule has 1 aromatic heterocycles. The zero-order chi connectivity index (χ0) is 8.97. The summed E-state index contributed by atoms with van der Waals surface area (Å²) in [5, 5.41) is 0.496. The molecule has 0 aliphatic rings. The fourth-order valence-electron chi connectivity index (χ4n) is 0.873. The third-order valence-corrected chi connectivity index (χ3v) is 1.74. The number of hydroxylamine groups is 1. The molecule has 0 saturated carbocycles. The second-order valence-electron chi connectivity index (χ2n) is 2.38. The molecular formula is C8H11ClN2O. The molecule has 0 radical (unpaired) electrons. The van der Waals surface area contributed by atoms with Crippen molar-refractivity contribution in [2.24, 2.45) is 0 Å². The van der Waals surface area contributed by atoms with Crippen molar-refractivity contribution in [3.05, 3.63) is 29.0 Å². The molecule has 12 heavy (non-hydrogen) atoms. The maximum atomic E-state index is 5.63. The maximum Gasteiger partial charge on any atom is 0.129 e. The van der Waals surface area contributed by atoms with Gasteiger partial charge in [0, 0.05) is 18.8 Å². The number of hydrogen-bond donors (Lipinski definition) is 1. The summed E-state index contributed by atoms with van der Waals surface area (Å²) in [6.07, 6.45) is 1.68. The fourth-order valence-corrected chi connectivity index (χ4v) is 0.984. The van der Waals surface area contributed by atoms with Crippen molar-refractivity contribution in [3.8, 4) is 0 Å². The van der Waals surface area contributed by atoms with Crippen LogP contribution in [0.2, 0.25) is 5.15 Å². The zero-order valence-electron chi connectivity index (χ0n) is 7.04. The van der Waals surface area contributed by atoms with Crippen LogP contribution in [0.1, 0.15) is 18.6 Å². The molecule has 3 nitrogen and oxygen atoms in total. The van der Waals surface area contributed by atoms with Gasteiger partial charge >= 0.3 is 0 Å². The monoisotopic (exact) mass is 186 g/mol. The highest BCUT2D eigenvalue weighted by molar-refractivity contribution is 6.29. The number of nitrogens with one attached hydrogen (secondary N) is 1. The van der Waals surface area contributed by atoms with E-state index in [4.69, 9.17) is 16.4 Å². The average molecular weight is 187 g/mol. The molecule has 0 fully saturated rings. The van der Waals surface area contributed by atoms with E-state index in [1.165, 1.54) is 0 Å². The predicted molar refractivity (Wildman–Crippen MR) is 47.8 cm³/mol. The average Bonchev–Trinajstić information content (AvgIpc) is 2.06. The highest BCUT2D eigenvalue weighted by Crippen LogP contribution is 2.15. The summed E-state index contributed by atoms with van der Waals surface area (Å²) in [6.45, 7) is 1.93. The Balaban J connectivity index is 2.68. The van der Waals surface area contributed by atoms with Gasteiger partial charge in [-0.2, -0.15) is 0 Å². The minimum Gasteiger partial charge on any atom is -0.294 e. The Labute approximate surface area is 76.7 Å².